The van der Waals surface area contributed by atoms with Crippen LogP contribution in [0, 0.1) is 46.3 Å². The molecule has 3 N–H and O–H groups in total. The first-order valence-corrected chi connectivity index (χ1v) is 13.2. The quantitative estimate of drug-likeness (QED) is 0.520. The van der Waals surface area contributed by atoms with Crippen LogP contribution < -0.4 is 0 Å². The Bertz CT molecular complexity index is 876. The van der Waals surface area contributed by atoms with Gasteiger partial charge in [0.2, 0.25) is 0 Å². The Morgan fingerprint density at radius 1 is 1.18 bits per heavy atom. The Morgan fingerprint density at radius 3 is 2.64 bits per heavy atom. The van der Waals surface area contributed by atoms with Crippen molar-refractivity contribution in [3.8, 4) is 0 Å². The molecule has 1 heterocycles. The Morgan fingerprint density at radius 2 is 1.94 bits per heavy atom. The average molecular weight is 459 g/mol. The molecule has 3 saturated carbocycles. The second-order valence-corrected chi connectivity index (χ2v) is 12.4. The van der Waals surface area contributed by atoms with E-state index in [-0.39, 0.29) is 29.5 Å². The third-order valence-electron chi connectivity index (χ3n) is 11.2. The highest BCUT2D eigenvalue weighted by molar-refractivity contribution is 5.90. The van der Waals surface area contributed by atoms with Crippen LogP contribution in [0.25, 0.3) is 0 Å². The third-order valence-corrected chi connectivity index (χ3v) is 11.2. The summed E-state index contributed by atoms with van der Waals surface area (Å²) >= 11 is 0. The summed E-state index contributed by atoms with van der Waals surface area (Å²) < 4.78 is 5.95. The lowest BCUT2D eigenvalue weighted by Gasteiger charge is -2.51. The summed E-state index contributed by atoms with van der Waals surface area (Å²) in [5.74, 6) is 3.13. The van der Waals surface area contributed by atoms with Gasteiger partial charge in [-0.2, -0.15) is 0 Å². The van der Waals surface area contributed by atoms with Crippen molar-refractivity contribution in [3.63, 3.8) is 0 Å². The van der Waals surface area contributed by atoms with Crippen LogP contribution in [0.5, 0.6) is 0 Å². The van der Waals surface area contributed by atoms with Crippen LogP contribution in [-0.2, 0) is 9.53 Å². The highest BCUT2D eigenvalue weighted by atomic mass is 16.5. The van der Waals surface area contributed by atoms with Gasteiger partial charge in [-0.25, -0.2) is 4.79 Å². The molecule has 0 aromatic carbocycles. The highest BCUT2D eigenvalue weighted by Gasteiger charge is 2.64. The van der Waals surface area contributed by atoms with Crippen molar-refractivity contribution in [1.82, 2.24) is 0 Å². The molecule has 0 spiro atoms. The van der Waals surface area contributed by atoms with Gasteiger partial charge < -0.3 is 20.1 Å². The number of allylic oxidation sites excluding steroid dienone is 1. The Labute approximate surface area is 198 Å². The number of cyclic esters (lactones) is 1. The van der Waals surface area contributed by atoms with Gasteiger partial charge in [0, 0.05) is 30.4 Å². The van der Waals surface area contributed by atoms with E-state index in [9.17, 15) is 20.1 Å². The Kier molecular flexibility index (Phi) is 5.76. The molecular formula is C28H42O5. The molecule has 10 atom stereocenters. The van der Waals surface area contributed by atoms with Crippen molar-refractivity contribution in [1.29, 1.82) is 0 Å². The Hall–Kier alpha value is -1.33. The lowest BCUT2D eigenvalue weighted by Crippen LogP contribution is -2.47. The minimum Gasteiger partial charge on any atom is -0.512 e. The molecule has 5 rings (SSSR count). The van der Waals surface area contributed by atoms with E-state index < -0.39 is 6.10 Å². The van der Waals surface area contributed by atoms with Gasteiger partial charge in [0.1, 0.15) is 6.10 Å². The minimum atomic E-state index is -0.515. The fourth-order valence-electron chi connectivity index (χ4n) is 9.43. The zero-order valence-electron chi connectivity index (χ0n) is 20.7. The van der Waals surface area contributed by atoms with Crippen LogP contribution in [0.15, 0.2) is 23.0 Å². The summed E-state index contributed by atoms with van der Waals surface area (Å²) in [4.78, 5) is 12.6. The normalized spacial score (nSPS) is 48.0. The monoisotopic (exact) mass is 458 g/mol. The molecule has 0 aromatic heterocycles. The van der Waals surface area contributed by atoms with E-state index in [1.165, 1.54) is 12.8 Å². The second-order valence-electron chi connectivity index (χ2n) is 12.4. The van der Waals surface area contributed by atoms with E-state index in [0.717, 1.165) is 37.7 Å². The van der Waals surface area contributed by atoms with Gasteiger partial charge in [-0.15, -0.1) is 0 Å². The number of carbonyl (C=O) groups excluding carboxylic acids is 1. The number of carbonyl (C=O) groups is 1. The van der Waals surface area contributed by atoms with Crippen molar-refractivity contribution in [2.24, 2.45) is 46.3 Å². The molecule has 5 heteroatoms. The predicted octanol–water partition coefficient (Wildman–Crippen LogP) is 4.93. The van der Waals surface area contributed by atoms with Crippen molar-refractivity contribution >= 4 is 5.97 Å². The van der Waals surface area contributed by atoms with Gasteiger partial charge in [-0.3, -0.25) is 0 Å². The van der Waals surface area contributed by atoms with E-state index in [0.29, 0.717) is 53.3 Å². The van der Waals surface area contributed by atoms with Crippen molar-refractivity contribution in [2.75, 3.05) is 6.61 Å². The Balaban J connectivity index is 1.36. The number of hydrogen-bond donors (Lipinski definition) is 3. The SMILES string of the molecule is CC1=C(CCO)C(=O)OC(C(C)C2CCC3C4CC5C[C@@H](O)C=C(O)[C@]5(C)C4CC[C@]23C)C1. The minimum absolute atomic E-state index is 0.0192. The molecule has 0 saturated heterocycles. The number of aliphatic hydroxyl groups is 3. The number of fused-ring (bicyclic) bond motifs is 5. The molecule has 184 valence electrons. The van der Waals surface area contributed by atoms with Crippen molar-refractivity contribution in [3.05, 3.63) is 23.0 Å². The lowest BCUT2D eigenvalue weighted by atomic mass is 9.54. The summed E-state index contributed by atoms with van der Waals surface area (Å²) in [7, 11) is 0. The summed E-state index contributed by atoms with van der Waals surface area (Å²) in [6.07, 6.45) is 8.84. The zero-order valence-corrected chi connectivity index (χ0v) is 20.7. The van der Waals surface area contributed by atoms with Crippen LogP contribution in [0.1, 0.15) is 79.1 Å². The topological polar surface area (TPSA) is 87.0 Å². The van der Waals surface area contributed by atoms with Gasteiger partial charge in [0.25, 0.3) is 0 Å². The van der Waals surface area contributed by atoms with E-state index in [1.54, 1.807) is 6.08 Å². The molecule has 5 nitrogen and oxygen atoms in total. The summed E-state index contributed by atoms with van der Waals surface area (Å²) in [6, 6.07) is 0. The smallest absolute Gasteiger partial charge is 0.334 e. The first-order chi connectivity index (χ1) is 15.6. The second kappa shape index (κ2) is 8.12. The van der Waals surface area contributed by atoms with Crippen LogP contribution in [-0.4, -0.2) is 40.1 Å². The van der Waals surface area contributed by atoms with Crippen molar-refractivity contribution < 1.29 is 24.9 Å². The van der Waals surface area contributed by atoms with Gasteiger partial charge >= 0.3 is 5.97 Å². The molecular weight excluding hydrogens is 416 g/mol. The maximum Gasteiger partial charge on any atom is 0.334 e. The van der Waals surface area contributed by atoms with Gasteiger partial charge in [0.15, 0.2) is 0 Å². The van der Waals surface area contributed by atoms with E-state index in [2.05, 4.69) is 20.8 Å². The molecule has 5 aliphatic rings. The molecule has 1 aliphatic heterocycles. The molecule has 0 amide bonds. The number of hydrogen-bond acceptors (Lipinski definition) is 5. The summed E-state index contributed by atoms with van der Waals surface area (Å²) in [5, 5.41) is 30.5. The standard InChI is InChI=1S/C28H42O5/c1-15-11-24(33-26(32)19(15)8-10-29)16(2)21-5-6-22-20-13-17-12-18(30)14-25(31)28(17,4)23(20)7-9-27(21,22)3/h14,16-18,20-24,29-31H,5-13H2,1-4H3/t16?,17?,18-,20?,21?,22?,23?,24?,27-,28+/m1/s1. The summed E-state index contributed by atoms with van der Waals surface area (Å²) in [5.41, 5.74) is 1.79. The number of esters is 1. The van der Waals surface area contributed by atoms with Gasteiger partial charge in [0.05, 0.1) is 11.9 Å². The first kappa shape index (κ1) is 23.4. The average Bonchev–Trinajstić information content (AvgIpc) is 3.25. The van der Waals surface area contributed by atoms with E-state index >= 15 is 0 Å². The zero-order chi connectivity index (χ0) is 23.7. The van der Waals surface area contributed by atoms with E-state index in [4.69, 9.17) is 4.74 Å². The lowest BCUT2D eigenvalue weighted by molar-refractivity contribution is -0.151. The molecule has 0 aromatic rings. The first-order valence-electron chi connectivity index (χ1n) is 13.2. The maximum absolute atomic E-state index is 12.6. The van der Waals surface area contributed by atoms with Crippen LogP contribution in [0.3, 0.4) is 0 Å². The molecule has 0 radical (unpaired) electrons. The predicted molar refractivity (Wildman–Crippen MR) is 126 cm³/mol. The molecule has 7 unspecified atom stereocenters. The van der Waals surface area contributed by atoms with Crippen LogP contribution >= 0.6 is 0 Å². The number of ether oxygens (including phenoxy) is 1. The molecule has 0 bridgehead atoms. The number of aliphatic hydroxyl groups excluding tert-OH is 3. The van der Waals surface area contributed by atoms with Crippen LogP contribution in [0.4, 0.5) is 0 Å². The molecule has 33 heavy (non-hydrogen) atoms. The number of rotatable bonds is 4. The van der Waals surface area contributed by atoms with Crippen molar-refractivity contribution in [2.45, 2.75) is 91.3 Å². The largest absolute Gasteiger partial charge is 0.512 e. The third kappa shape index (κ3) is 3.36. The highest BCUT2D eigenvalue weighted by Crippen LogP contribution is 2.70. The molecule has 3 fully saturated rings. The fraction of sp³-hybridized carbons (Fsp3) is 0.821. The van der Waals surface area contributed by atoms with Crippen LogP contribution in [0.2, 0.25) is 0 Å². The van der Waals surface area contributed by atoms with Gasteiger partial charge in [-0.1, -0.05) is 26.3 Å². The molecule has 4 aliphatic carbocycles. The summed E-state index contributed by atoms with van der Waals surface area (Å²) in [6.45, 7) is 9.02. The maximum atomic E-state index is 12.6. The van der Waals surface area contributed by atoms with Gasteiger partial charge in [-0.05, 0) is 92.4 Å². The fourth-order valence-corrected chi connectivity index (χ4v) is 9.43. The van der Waals surface area contributed by atoms with E-state index in [1.807, 2.05) is 6.92 Å².